The molecule has 0 aliphatic carbocycles. The molecule has 0 bridgehead atoms. The largest absolute Gasteiger partial charge is 0.380 e. The van der Waals surface area contributed by atoms with E-state index in [9.17, 15) is 0 Å². The summed E-state index contributed by atoms with van der Waals surface area (Å²) in [6.45, 7) is 1.08. The number of rotatable bonds is 3. The molecule has 0 amide bonds. The van der Waals surface area contributed by atoms with Gasteiger partial charge in [0.1, 0.15) is 0 Å². The molecule has 1 heterocycles. The molecule has 0 saturated carbocycles. The smallest absolute Gasteiger partial charge is 0.0739 e. The normalized spacial score (nSPS) is 26.6. The Morgan fingerprint density at radius 3 is 2.86 bits per heavy atom. The third kappa shape index (κ3) is 2.14. The van der Waals surface area contributed by atoms with E-state index in [1.165, 1.54) is 5.56 Å². The van der Waals surface area contributed by atoms with E-state index >= 15 is 0 Å². The van der Waals surface area contributed by atoms with Gasteiger partial charge in [0.25, 0.3) is 0 Å². The Labute approximate surface area is 85.3 Å². The predicted molar refractivity (Wildman–Crippen MR) is 57.4 cm³/mol. The fourth-order valence-corrected chi connectivity index (χ4v) is 2.10. The number of methoxy groups -OCH3 is 1. The highest BCUT2D eigenvalue weighted by Gasteiger charge is 2.26. The van der Waals surface area contributed by atoms with Gasteiger partial charge in [-0.3, -0.25) is 0 Å². The van der Waals surface area contributed by atoms with Gasteiger partial charge in [-0.05, 0) is 24.9 Å². The van der Waals surface area contributed by atoms with Crippen molar-refractivity contribution < 1.29 is 4.74 Å². The zero-order chi connectivity index (χ0) is 9.80. The molecule has 1 saturated heterocycles. The SMILES string of the molecule is CO[C@H]1CCN[C@H]1Cc1ccccc1. The van der Waals surface area contributed by atoms with Crippen molar-refractivity contribution in [2.75, 3.05) is 13.7 Å². The van der Waals surface area contributed by atoms with E-state index in [4.69, 9.17) is 4.74 Å². The van der Waals surface area contributed by atoms with Crippen molar-refractivity contribution in [1.82, 2.24) is 5.32 Å². The standard InChI is InChI=1S/C12H17NO/c1-14-12-7-8-13-11(12)9-10-5-3-2-4-6-10/h2-6,11-13H,7-9H2,1H3/t11-,12-/m0/s1. The van der Waals surface area contributed by atoms with Crippen LogP contribution in [0.3, 0.4) is 0 Å². The first kappa shape index (κ1) is 9.69. The van der Waals surface area contributed by atoms with Gasteiger partial charge in [-0.1, -0.05) is 30.3 Å². The summed E-state index contributed by atoms with van der Waals surface area (Å²) in [4.78, 5) is 0. The van der Waals surface area contributed by atoms with Gasteiger partial charge < -0.3 is 10.1 Å². The average molecular weight is 191 g/mol. The molecule has 2 atom stereocenters. The lowest BCUT2D eigenvalue weighted by Crippen LogP contribution is -2.33. The monoisotopic (exact) mass is 191 g/mol. The minimum Gasteiger partial charge on any atom is -0.380 e. The van der Waals surface area contributed by atoms with Crippen LogP contribution >= 0.6 is 0 Å². The quantitative estimate of drug-likeness (QED) is 0.783. The van der Waals surface area contributed by atoms with Crippen molar-refractivity contribution in [2.24, 2.45) is 0 Å². The van der Waals surface area contributed by atoms with Crippen molar-refractivity contribution in [3.63, 3.8) is 0 Å². The van der Waals surface area contributed by atoms with Gasteiger partial charge in [-0.2, -0.15) is 0 Å². The topological polar surface area (TPSA) is 21.3 Å². The Bertz CT molecular complexity index is 273. The van der Waals surface area contributed by atoms with E-state index in [2.05, 4.69) is 35.6 Å². The molecule has 14 heavy (non-hydrogen) atoms. The predicted octanol–water partition coefficient (Wildman–Crippen LogP) is 1.61. The van der Waals surface area contributed by atoms with E-state index in [1.807, 2.05) is 0 Å². The van der Waals surface area contributed by atoms with E-state index in [-0.39, 0.29) is 0 Å². The molecule has 1 aliphatic heterocycles. The Balaban J connectivity index is 1.97. The van der Waals surface area contributed by atoms with E-state index in [1.54, 1.807) is 7.11 Å². The van der Waals surface area contributed by atoms with E-state index in [0.29, 0.717) is 12.1 Å². The minimum atomic E-state index is 0.384. The zero-order valence-electron chi connectivity index (χ0n) is 8.57. The summed E-state index contributed by atoms with van der Waals surface area (Å²) in [7, 11) is 1.80. The van der Waals surface area contributed by atoms with Crippen molar-refractivity contribution in [3.8, 4) is 0 Å². The number of ether oxygens (including phenoxy) is 1. The van der Waals surface area contributed by atoms with Crippen molar-refractivity contribution in [2.45, 2.75) is 25.0 Å². The Hall–Kier alpha value is -0.860. The lowest BCUT2D eigenvalue weighted by atomic mass is 10.0. The van der Waals surface area contributed by atoms with Gasteiger partial charge in [0.15, 0.2) is 0 Å². The molecule has 2 heteroatoms. The molecule has 1 fully saturated rings. The third-order valence-corrected chi connectivity index (χ3v) is 2.89. The molecule has 1 N–H and O–H groups in total. The molecule has 0 spiro atoms. The van der Waals surface area contributed by atoms with Crippen LogP contribution in [0.1, 0.15) is 12.0 Å². The third-order valence-electron chi connectivity index (χ3n) is 2.89. The first-order chi connectivity index (χ1) is 6.90. The van der Waals surface area contributed by atoms with Crippen molar-refractivity contribution in [3.05, 3.63) is 35.9 Å². The molecular weight excluding hydrogens is 174 g/mol. The number of hydrogen-bond acceptors (Lipinski definition) is 2. The zero-order valence-corrected chi connectivity index (χ0v) is 8.57. The highest BCUT2D eigenvalue weighted by atomic mass is 16.5. The van der Waals surface area contributed by atoms with Gasteiger partial charge in [-0.15, -0.1) is 0 Å². The highest BCUT2D eigenvalue weighted by Crippen LogP contribution is 2.15. The van der Waals surface area contributed by atoms with Gasteiger partial charge in [-0.25, -0.2) is 0 Å². The van der Waals surface area contributed by atoms with Crippen LogP contribution in [0.2, 0.25) is 0 Å². The molecule has 76 valence electrons. The van der Waals surface area contributed by atoms with Crippen LogP contribution in [0.5, 0.6) is 0 Å². The Kier molecular flexibility index (Phi) is 3.17. The average Bonchev–Trinajstić information content (AvgIpc) is 2.67. The van der Waals surface area contributed by atoms with Crippen molar-refractivity contribution >= 4 is 0 Å². The second kappa shape index (κ2) is 4.58. The molecule has 0 unspecified atom stereocenters. The fraction of sp³-hybridized carbons (Fsp3) is 0.500. The van der Waals surface area contributed by atoms with Gasteiger partial charge >= 0.3 is 0 Å². The summed E-state index contributed by atoms with van der Waals surface area (Å²) in [5, 5.41) is 3.48. The summed E-state index contributed by atoms with van der Waals surface area (Å²) in [5.41, 5.74) is 1.38. The van der Waals surface area contributed by atoms with Gasteiger partial charge in [0, 0.05) is 13.2 Å². The maximum absolute atomic E-state index is 5.43. The fourth-order valence-electron chi connectivity index (χ4n) is 2.10. The second-order valence-corrected chi connectivity index (χ2v) is 3.81. The maximum Gasteiger partial charge on any atom is 0.0739 e. The second-order valence-electron chi connectivity index (χ2n) is 3.81. The first-order valence-corrected chi connectivity index (χ1v) is 5.20. The van der Waals surface area contributed by atoms with Gasteiger partial charge in [0.2, 0.25) is 0 Å². The van der Waals surface area contributed by atoms with Crippen LogP contribution in [0.25, 0.3) is 0 Å². The number of nitrogens with one attached hydrogen (secondary N) is 1. The lowest BCUT2D eigenvalue weighted by Gasteiger charge is -2.17. The van der Waals surface area contributed by atoms with Crippen LogP contribution in [0.4, 0.5) is 0 Å². The molecule has 1 aromatic rings. The Morgan fingerprint density at radius 1 is 1.36 bits per heavy atom. The van der Waals surface area contributed by atoms with Crippen LogP contribution in [-0.4, -0.2) is 25.8 Å². The molecule has 2 rings (SSSR count). The summed E-state index contributed by atoms with van der Waals surface area (Å²) < 4.78 is 5.43. The molecular formula is C12H17NO. The van der Waals surface area contributed by atoms with Crippen LogP contribution < -0.4 is 5.32 Å². The highest BCUT2D eigenvalue weighted by molar-refractivity contribution is 5.16. The van der Waals surface area contributed by atoms with Gasteiger partial charge in [0.05, 0.1) is 6.10 Å². The molecule has 2 nitrogen and oxygen atoms in total. The minimum absolute atomic E-state index is 0.384. The molecule has 1 aromatic carbocycles. The molecule has 0 aromatic heterocycles. The molecule has 0 radical (unpaired) electrons. The lowest BCUT2D eigenvalue weighted by molar-refractivity contribution is 0.0920. The Morgan fingerprint density at radius 2 is 2.14 bits per heavy atom. The summed E-state index contributed by atoms with van der Waals surface area (Å²) in [6, 6.07) is 11.1. The molecule has 1 aliphatic rings. The van der Waals surface area contributed by atoms with E-state index in [0.717, 1.165) is 19.4 Å². The van der Waals surface area contributed by atoms with Crippen LogP contribution in [0, 0.1) is 0 Å². The first-order valence-electron chi connectivity index (χ1n) is 5.20. The summed E-state index contributed by atoms with van der Waals surface area (Å²) >= 11 is 0. The number of benzene rings is 1. The summed E-state index contributed by atoms with van der Waals surface area (Å²) in [6.07, 6.45) is 2.59. The van der Waals surface area contributed by atoms with Crippen LogP contribution in [-0.2, 0) is 11.2 Å². The van der Waals surface area contributed by atoms with Crippen LogP contribution in [0.15, 0.2) is 30.3 Å². The maximum atomic E-state index is 5.43. The van der Waals surface area contributed by atoms with E-state index < -0.39 is 0 Å². The van der Waals surface area contributed by atoms with Crippen molar-refractivity contribution in [1.29, 1.82) is 0 Å². The number of hydrogen-bond donors (Lipinski definition) is 1. The summed E-state index contributed by atoms with van der Waals surface area (Å²) in [5.74, 6) is 0.